The number of likely N-dealkylation sites (tertiary alicyclic amines) is 1. The first-order valence-electron chi connectivity index (χ1n) is 9.94. The molecule has 5 nitrogen and oxygen atoms in total. The van der Waals surface area contributed by atoms with Crippen LogP contribution in [0.5, 0.6) is 0 Å². The number of rotatable bonds is 5. The summed E-state index contributed by atoms with van der Waals surface area (Å²) < 4.78 is 0. The fourth-order valence-corrected chi connectivity index (χ4v) is 4.06. The van der Waals surface area contributed by atoms with Gasteiger partial charge in [0, 0.05) is 45.2 Å². The van der Waals surface area contributed by atoms with Gasteiger partial charge in [-0.3, -0.25) is 9.59 Å². The molecule has 1 saturated heterocycles. The molecule has 0 spiro atoms. The highest BCUT2D eigenvalue weighted by Crippen LogP contribution is 2.35. The average molecular weight is 392 g/mol. The van der Waals surface area contributed by atoms with Crippen LogP contribution < -0.4 is 0 Å². The number of aliphatic hydroxyl groups excluding tert-OH is 1. The molecular weight excluding hydrogens is 364 g/mol. The minimum atomic E-state index is -0.182. The molecule has 0 aromatic heterocycles. The Hall–Kier alpha value is -2.92. The SMILES string of the molecule is CC(=O)N1C[C@@H](CO)[C@@H](N(C)C(=O)/C=C/c2ccccc2)C[C@H]1c1ccccc1. The molecular formula is C24H28N2O3. The summed E-state index contributed by atoms with van der Waals surface area (Å²) in [6.07, 6.45) is 3.96. The first-order chi connectivity index (χ1) is 14.0. The number of hydrogen-bond donors (Lipinski definition) is 1. The maximum Gasteiger partial charge on any atom is 0.246 e. The lowest BCUT2D eigenvalue weighted by atomic mass is 9.84. The monoisotopic (exact) mass is 392 g/mol. The molecule has 3 atom stereocenters. The van der Waals surface area contributed by atoms with Crippen LogP contribution >= 0.6 is 0 Å². The number of nitrogens with zero attached hydrogens (tertiary/aromatic N) is 2. The number of likely N-dealkylation sites (N-methyl/N-ethyl adjacent to an activating group) is 1. The van der Waals surface area contributed by atoms with Crippen LogP contribution in [0.15, 0.2) is 66.7 Å². The molecule has 2 amide bonds. The second-order valence-corrected chi connectivity index (χ2v) is 7.54. The van der Waals surface area contributed by atoms with Crippen molar-refractivity contribution in [2.24, 2.45) is 5.92 Å². The van der Waals surface area contributed by atoms with Crippen molar-refractivity contribution in [3.63, 3.8) is 0 Å². The Labute approximate surface area is 172 Å². The zero-order valence-corrected chi connectivity index (χ0v) is 16.9. The van der Waals surface area contributed by atoms with E-state index in [1.54, 1.807) is 31.0 Å². The van der Waals surface area contributed by atoms with Gasteiger partial charge in [0.1, 0.15) is 0 Å². The molecule has 3 rings (SSSR count). The van der Waals surface area contributed by atoms with E-state index in [2.05, 4.69) is 0 Å². The number of hydrogen-bond acceptors (Lipinski definition) is 3. The molecule has 1 heterocycles. The predicted octanol–water partition coefficient (Wildman–Crippen LogP) is 3.13. The second kappa shape index (κ2) is 9.52. The molecule has 0 unspecified atom stereocenters. The summed E-state index contributed by atoms with van der Waals surface area (Å²) in [5.41, 5.74) is 2.01. The summed E-state index contributed by atoms with van der Waals surface area (Å²) in [4.78, 5) is 28.6. The van der Waals surface area contributed by atoms with Gasteiger partial charge in [-0.15, -0.1) is 0 Å². The molecule has 152 valence electrons. The van der Waals surface area contributed by atoms with Crippen molar-refractivity contribution < 1.29 is 14.7 Å². The number of carbonyl (C=O) groups excluding carboxylic acids is 2. The van der Waals surface area contributed by atoms with Gasteiger partial charge in [-0.1, -0.05) is 60.7 Å². The van der Waals surface area contributed by atoms with Gasteiger partial charge in [-0.2, -0.15) is 0 Å². The van der Waals surface area contributed by atoms with Gasteiger partial charge in [0.25, 0.3) is 0 Å². The van der Waals surface area contributed by atoms with E-state index in [0.717, 1.165) is 11.1 Å². The molecule has 1 N–H and O–H groups in total. The van der Waals surface area contributed by atoms with Gasteiger partial charge in [-0.25, -0.2) is 0 Å². The Morgan fingerprint density at radius 1 is 1.10 bits per heavy atom. The van der Waals surface area contributed by atoms with Crippen LogP contribution in [-0.2, 0) is 9.59 Å². The maximum absolute atomic E-state index is 12.8. The average Bonchev–Trinajstić information content (AvgIpc) is 2.77. The number of aliphatic hydroxyl groups is 1. The van der Waals surface area contributed by atoms with E-state index in [-0.39, 0.29) is 36.4 Å². The standard InChI is InChI=1S/C24H28N2O3/c1-18(28)26-16-21(17-27)22(15-23(26)20-11-7-4-8-12-20)25(2)24(29)14-13-19-9-5-3-6-10-19/h3-14,21-23,27H,15-17H2,1-2H3/b14-13+/t21-,22-,23-/m0/s1. The second-order valence-electron chi connectivity index (χ2n) is 7.54. The van der Waals surface area contributed by atoms with E-state index in [1.165, 1.54) is 0 Å². The largest absolute Gasteiger partial charge is 0.396 e. The minimum Gasteiger partial charge on any atom is -0.396 e. The third-order valence-corrected chi connectivity index (χ3v) is 5.70. The molecule has 5 heteroatoms. The Morgan fingerprint density at radius 2 is 1.72 bits per heavy atom. The molecule has 0 bridgehead atoms. The summed E-state index contributed by atoms with van der Waals surface area (Å²) in [6, 6.07) is 19.3. The smallest absolute Gasteiger partial charge is 0.246 e. The van der Waals surface area contributed by atoms with Crippen molar-refractivity contribution in [2.75, 3.05) is 20.2 Å². The van der Waals surface area contributed by atoms with Crippen LogP contribution in [0.1, 0.15) is 30.5 Å². The quantitative estimate of drug-likeness (QED) is 0.796. The molecule has 1 aliphatic rings. The number of amides is 2. The van der Waals surface area contributed by atoms with Crippen molar-refractivity contribution in [2.45, 2.75) is 25.4 Å². The first-order valence-corrected chi connectivity index (χ1v) is 9.94. The van der Waals surface area contributed by atoms with Crippen LogP contribution in [0.25, 0.3) is 6.08 Å². The molecule has 2 aromatic rings. The Morgan fingerprint density at radius 3 is 2.31 bits per heavy atom. The lowest BCUT2D eigenvalue weighted by molar-refractivity contribution is -0.139. The van der Waals surface area contributed by atoms with Crippen molar-refractivity contribution in [3.05, 3.63) is 77.9 Å². The Kier molecular flexibility index (Phi) is 6.83. The molecule has 2 aromatic carbocycles. The molecule has 0 radical (unpaired) electrons. The Balaban J connectivity index is 1.81. The highest BCUT2D eigenvalue weighted by Gasteiger charge is 2.39. The highest BCUT2D eigenvalue weighted by molar-refractivity contribution is 5.91. The van der Waals surface area contributed by atoms with E-state index in [9.17, 15) is 14.7 Å². The van der Waals surface area contributed by atoms with E-state index in [1.807, 2.05) is 65.6 Å². The lowest BCUT2D eigenvalue weighted by Gasteiger charge is -2.46. The topological polar surface area (TPSA) is 60.9 Å². The Bertz CT molecular complexity index is 851. The third-order valence-electron chi connectivity index (χ3n) is 5.70. The van der Waals surface area contributed by atoms with Crippen LogP contribution in [0.4, 0.5) is 0 Å². The van der Waals surface area contributed by atoms with E-state index >= 15 is 0 Å². The number of piperidine rings is 1. The summed E-state index contributed by atoms with van der Waals surface area (Å²) in [5, 5.41) is 9.96. The van der Waals surface area contributed by atoms with Crippen LogP contribution in [0.2, 0.25) is 0 Å². The maximum atomic E-state index is 12.8. The molecule has 0 saturated carbocycles. The van der Waals surface area contributed by atoms with Crippen molar-refractivity contribution in [3.8, 4) is 0 Å². The molecule has 1 fully saturated rings. The van der Waals surface area contributed by atoms with Crippen molar-refractivity contribution in [1.29, 1.82) is 0 Å². The van der Waals surface area contributed by atoms with Gasteiger partial charge in [0.05, 0.1) is 6.04 Å². The zero-order valence-electron chi connectivity index (χ0n) is 16.9. The van der Waals surface area contributed by atoms with Gasteiger partial charge < -0.3 is 14.9 Å². The summed E-state index contributed by atoms with van der Waals surface area (Å²) >= 11 is 0. The first kappa shape index (κ1) is 20.8. The van der Waals surface area contributed by atoms with Crippen LogP contribution in [0.3, 0.4) is 0 Å². The number of benzene rings is 2. The molecule has 1 aliphatic heterocycles. The van der Waals surface area contributed by atoms with Gasteiger partial charge in [-0.05, 0) is 23.6 Å². The number of carbonyl (C=O) groups is 2. The van der Waals surface area contributed by atoms with Crippen molar-refractivity contribution in [1.82, 2.24) is 9.80 Å². The molecule has 29 heavy (non-hydrogen) atoms. The highest BCUT2D eigenvalue weighted by atomic mass is 16.3. The predicted molar refractivity (Wildman–Crippen MR) is 114 cm³/mol. The molecule has 0 aliphatic carbocycles. The van der Waals surface area contributed by atoms with E-state index < -0.39 is 0 Å². The summed E-state index contributed by atoms with van der Waals surface area (Å²) in [6.45, 7) is 1.91. The van der Waals surface area contributed by atoms with E-state index in [4.69, 9.17) is 0 Å². The van der Waals surface area contributed by atoms with Gasteiger partial charge in [0.15, 0.2) is 0 Å². The van der Waals surface area contributed by atoms with Crippen LogP contribution in [-0.4, -0.2) is 53.0 Å². The summed E-state index contributed by atoms with van der Waals surface area (Å²) in [5.74, 6) is -0.313. The normalized spacial score (nSPS) is 21.9. The van der Waals surface area contributed by atoms with Gasteiger partial charge >= 0.3 is 0 Å². The van der Waals surface area contributed by atoms with Crippen molar-refractivity contribution >= 4 is 17.9 Å². The zero-order chi connectivity index (χ0) is 20.8. The fourth-order valence-electron chi connectivity index (χ4n) is 4.06. The summed E-state index contributed by atoms with van der Waals surface area (Å²) in [7, 11) is 1.77. The van der Waals surface area contributed by atoms with Crippen LogP contribution in [0, 0.1) is 5.92 Å². The van der Waals surface area contributed by atoms with Gasteiger partial charge in [0.2, 0.25) is 11.8 Å². The minimum absolute atomic E-state index is 0.0197. The van der Waals surface area contributed by atoms with E-state index in [0.29, 0.717) is 13.0 Å². The fraction of sp³-hybridized carbons (Fsp3) is 0.333. The third kappa shape index (κ3) is 4.93. The lowest BCUT2D eigenvalue weighted by Crippen LogP contribution is -2.54.